The quantitative estimate of drug-likeness (QED) is 0.289. The second-order valence-electron chi connectivity index (χ2n) is 9.33. The summed E-state index contributed by atoms with van der Waals surface area (Å²) in [5.41, 5.74) is 1.87. The normalized spacial score (nSPS) is 17.5. The fourth-order valence-electron chi connectivity index (χ4n) is 4.92. The highest BCUT2D eigenvalue weighted by molar-refractivity contribution is 8.13. The van der Waals surface area contributed by atoms with Gasteiger partial charge in [-0.1, -0.05) is 80.2 Å². The van der Waals surface area contributed by atoms with Crippen LogP contribution in [0.5, 0.6) is 5.88 Å². The monoisotopic (exact) mass is 513 g/mol. The van der Waals surface area contributed by atoms with Crippen molar-refractivity contribution in [2.75, 3.05) is 13.4 Å². The van der Waals surface area contributed by atoms with Crippen LogP contribution in [-0.2, 0) is 16.9 Å². The third-order valence-corrected chi connectivity index (χ3v) is 7.54. The summed E-state index contributed by atoms with van der Waals surface area (Å²) in [6, 6.07) is 24.2. The van der Waals surface area contributed by atoms with E-state index in [9.17, 15) is 9.18 Å². The van der Waals surface area contributed by atoms with Gasteiger partial charge in [-0.3, -0.25) is 9.69 Å². The van der Waals surface area contributed by atoms with E-state index in [2.05, 4.69) is 0 Å². The maximum absolute atomic E-state index is 14.4. The highest BCUT2D eigenvalue weighted by Crippen LogP contribution is 2.45. The van der Waals surface area contributed by atoms with Crippen molar-refractivity contribution >= 4 is 33.6 Å². The van der Waals surface area contributed by atoms with Crippen molar-refractivity contribution in [2.24, 2.45) is 10.9 Å². The lowest BCUT2D eigenvalue weighted by Gasteiger charge is -2.31. The zero-order valence-corrected chi connectivity index (χ0v) is 22.1. The zero-order chi connectivity index (χ0) is 26.2. The Morgan fingerprint density at radius 2 is 1.81 bits per heavy atom. The van der Waals surface area contributed by atoms with Gasteiger partial charge in [0.15, 0.2) is 10.7 Å². The smallest absolute Gasteiger partial charge is 0.261 e. The van der Waals surface area contributed by atoms with Gasteiger partial charge in [-0.15, -0.1) is 0 Å². The standard InChI is InChI=1S/C30H28FN3O2S/c1-19(2)30(28(35)34(29(33-30)37-4)18-20-9-6-5-7-10-20)24-15-16-26(32-27(24)36-3)22-14-13-21-11-8-12-25(31)23(21)17-22/h5-17,19H,18H2,1-4H3. The summed E-state index contributed by atoms with van der Waals surface area (Å²) in [4.78, 5) is 25.7. The lowest BCUT2D eigenvalue weighted by molar-refractivity contribution is -0.133. The number of pyridine rings is 1. The Kier molecular flexibility index (Phi) is 6.73. The van der Waals surface area contributed by atoms with E-state index in [4.69, 9.17) is 14.7 Å². The molecule has 1 aliphatic rings. The number of aromatic nitrogens is 1. The average molecular weight is 514 g/mol. The number of nitrogens with zero attached hydrogens (tertiary/aromatic N) is 3. The molecule has 0 N–H and O–H groups in total. The Labute approximate surface area is 220 Å². The number of carbonyl (C=O) groups excluding carboxylic acids is 1. The number of ether oxygens (including phenoxy) is 1. The lowest BCUT2D eigenvalue weighted by atomic mass is 9.80. The predicted octanol–water partition coefficient (Wildman–Crippen LogP) is 6.66. The maximum Gasteiger partial charge on any atom is 0.261 e. The molecule has 4 aromatic rings. The molecule has 1 aromatic heterocycles. The van der Waals surface area contributed by atoms with Crippen LogP contribution in [0, 0.1) is 11.7 Å². The number of carbonyl (C=O) groups is 1. The third-order valence-electron chi connectivity index (χ3n) is 6.86. The van der Waals surface area contributed by atoms with Crippen molar-refractivity contribution < 1.29 is 13.9 Å². The van der Waals surface area contributed by atoms with Crippen LogP contribution in [0.4, 0.5) is 4.39 Å². The number of methoxy groups -OCH3 is 1. The summed E-state index contributed by atoms with van der Waals surface area (Å²) in [5.74, 6) is -0.204. The van der Waals surface area contributed by atoms with Gasteiger partial charge in [0.2, 0.25) is 5.88 Å². The molecule has 0 aliphatic carbocycles. The van der Waals surface area contributed by atoms with Gasteiger partial charge in [0.25, 0.3) is 5.91 Å². The molecule has 7 heteroatoms. The molecule has 0 saturated heterocycles. The van der Waals surface area contributed by atoms with Crippen LogP contribution < -0.4 is 4.74 Å². The molecule has 1 unspecified atom stereocenters. The van der Waals surface area contributed by atoms with E-state index in [1.165, 1.54) is 17.8 Å². The number of amidine groups is 1. The first kappa shape index (κ1) is 25.0. The van der Waals surface area contributed by atoms with Gasteiger partial charge in [-0.05, 0) is 47.4 Å². The first-order valence-corrected chi connectivity index (χ1v) is 13.4. The Morgan fingerprint density at radius 3 is 2.51 bits per heavy atom. The molecule has 188 valence electrons. The van der Waals surface area contributed by atoms with Gasteiger partial charge in [0.05, 0.1) is 24.9 Å². The van der Waals surface area contributed by atoms with Gasteiger partial charge in [0.1, 0.15) is 5.82 Å². The molecule has 0 radical (unpaired) electrons. The van der Waals surface area contributed by atoms with Crippen LogP contribution >= 0.6 is 11.8 Å². The summed E-state index contributed by atoms with van der Waals surface area (Å²) < 4.78 is 20.2. The second-order valence-corrected chi connectivity index (χ2v) is 10.1. The predicted molar refractivity (Wildman–Crippen MR) is 148 cm³/mol. The number of thioether (sulfide) groups is 1. The molecule has 2 heterocycles. The molecule has 1 amide bonds. The summed E-state index contributed by atoms with van der Waals surface area (Å²) in [7, 11) is 1.55. The summed E-state index contributed by atoms with van der Waals surface area (Å²) in [5, 5.41) is 2.01. The number of hydrogen-bond acceptors (Lipinski definition) is 5. The molecule has 0 fully saturated rings. The molecule has 37 heavy (non-hydrogen) atoms. The van der Waals surface area contributed by atoms with E-state index in [0.717, 1.165) is 16.5 Å². The third kappa shape index (κ3) is 4.27. The highest BCUT2D eigenvalue weighted by Gasteiger charge is 2.53. The molecule has 5 rings (SSSR count). The maximum atomic E-state index is 14.4. The number of benzene rings is 3. The number of rotatable bonds is 6. The molecular weight excluding hydrogens is 485 g/mol. The van der Waals surface area contributed by atoms with E-state index >= 15 is 0 Å². The molecule has 1 aliphatic heterocycles. The second kappa shape index (κ2) is 9.98. The molecule has 0 saturated carbocycles. The van der Waals surface area contributed by atoms with Crippen LogP contribution in [0.2, 0.25) is 0 Å². The summed E-state index contributed by atoms with van der Waals surface area (Å²) in [6.07, 6.45) is 1.93. The molecule has 1 atom stereocenters. The van der Waals surface area contributed by atoms with Crippen molar-refractivity contribution in [2.45, 2.75) is 25.9 Å². The first-order valence-electron chi connectivity index (χ1n) is 12.1. The molecule has 0 spiro atoms. The fourth-order valence-corrected chi connectivity index (χ4v) is 5.52. The van der Waals surface area contributed by atoms with E-state index < -0.39 is 5.54 Å². The Bertz CT molecular complexity index is 1510. The number of aliphatic imine (C=N–C) groups is 1. The SMILES string of the molecule is COc1nc(-c2ccc3cccc(F)c3c2)ccc1C1(C(C)C)N=C(SC)N(Cc2ccccc2)C1=O. The Morgan fingerprint density at radius 1 is 1.03 bits per heavy atom. The topological polar surface area (TPSA) is 54.8 Å². The Balaban J connectivity index is 1.59. The number of amides is 1. The lowest BCUT2D eigenvalue weighted by Crippen LogP contribution is -2.43. The van der Waals surface area contributed by atoms with Crippen LogP contribution in [-0.4, -0.2) is 34.3 Å². The van der Waals surface area contributed by atoms with Crippen LogP contribution in [0.3, 0.4) is 0 Å². The minimum atomic E-state index is -1.17. The molecule has 3 aromatic carbocycles. The molecular formula is C30H28FN3O2S. The number of halogens is 1. The first-order chi connectivity index (χ1) is 17.9. The van der Waals surface area contributed by atoms with Crippen molar-refractivity contribution in [1.29, 1.82) is 0 Å². The van der Waals surface area contributed by atoms with Crippen molar-refractivity contribution in [3.05, 3.63) is 95.8 Å². The van der Waals surface area contributed by atoms with Crippen LogP contribution in [0.15, 0.2) is 83.9 Å². The van der Waals surface area contributed by atoms with Crippen LogP contribution in [0.25, 0.3) is 22.0 Å². The average Bonchev–Trinajstić information content (AvgIpc) is 3.21. The van der Waals surface area contributed by atoms with E-state index in [1.54, 1.807) is 24.1 Å². The van der Waals surface area contributed by atoms with Gasteiger partial charge >= 0.3 is 0 Å². The van der Waals surface area contributed by atoms with Gasteiger partial charge in [-0.25, -0.2) is 14.4 Å². The zero-order valence-electron chi connectivity index (χ0n) is 21.2. The Hall–Kier alpha value is -3.71. The minimum Gasteiger partial charge on any atom is -0.481 e. The fraction of sp³-hybridized carbons (Fsp3) is 0.233. The van der Waals surface area contributed by atoms with E-state index in [1.807, 2.05) is 80.8 Å². The van der Waals surface area contributed by atoms with Crippen LogP contribution in [0.1, 0.15) is 25.0 Å². The van der Waals surface area contributed by atoms with Gasteiger partial charge in [0, 0.05) is 10.9 Å². The van der Waals surface area contributed by atoms with Crippen molar-refractivity contribution in [1.82, 2.24) is 9.88 Å². The van der Waals surface area contributed by atoms with Crippen molar-refractivity contribution in [3.63, 3.8) is 0 Å². The molecule has 5 nitrogen and oxygen atoms in total. The highest BCUT2D eigenvalue weighted by atomic mass is 32.2. The summed E-state index contributed by atoms with van der Waals surface area (Å²) >= 11 is 1.45. The van der Waals surface area contributed by atoms with E-state index in [-0.39, 0.29) is 17.6 Å². The number of hydrogen-bond donors (Lipinski definition) is 0. The van der Waals surface area contributed by atoms with Gasteiger partial charge in [-0.2, -0.15) is 0 Å². The largest absolute Gasteiger partial charge is 0.481 e. The number of fused-ring (bicyclic) bond motifs is 1. The van der Waals surface area contributed by atoms with E-state index in [0.29, 0.717) is 34.2 Å². The minimum absolute atomic E-state index is 0.101. The van der Waals surface area contributed by atoms with Gasteiger partial charge < -0.3 is 4.74 Å². The van der Waals surface area contributed by atoms with Crippen molar-refractivity contribution in [3.8, 4) is 17.1 Å². The summed E-state index contributed by atoms with van der Waals surface area (Å²) in [6.45, 7) is 4.42. The molecule has 0 bridgehead atoms.